The highest BCUT2D eigenvalue weighted by Gasteiger charge is 2.52. The average Bonchev–Trinajstić information content (AvgIpc) is 3.67. The molecule has 2 saturated carbocycles. The molecule has 0 unspecified atom stereocenters. The number of ether oxygens (including phenoxy) is 3. The molecule has 0 spiro atoms. The van der Waals surface area contributed by atoms with Gasteiger partial charge in [0, 0.05) is 44.8 Å². The zero-order valence-corrected chi connectivity index (χ0v) is 30.4. The van der Waals surface area contributed by atoms with Crippen LogP contribution in [0.2, 0.25) is 0 Å². The van der Waals surface area contributed by atoms with E-state index >= 15 is 0 Å². The Hall–Kier alpha value is -5.15. The molecule has 3 heterocycles. The van der Waals surface area contributed by atoms with Crippen molar-refractivity contribution >= 4 is 35.7 Å². The van der Waals surface area contributed by atoms with E-state index in [1.54, 1.807) is 31.2 Å². The van der Waals surface area contributed by atoms with Crippen molar-refractivity contribution in [2.24, 2.45) is 5.92 Å². The van der Waals surface area contributed by atoms with Crippen LogP contribution in [0, 0.1) is 5.92 Å². The maximum atomic E-state index is 14.3. The lowest BCUT2D eigenvalue weighted by molar-refractivity contribution is -0.159. The minimum Gasteiger partial charge on any atom is -0.467 e. The van der Waals surface area contributed by atoms with Gasteiger partial charge in [-0.15, -0.1) is 0 Å². The van der Waals surface area contributed by atoms with Gasteiger partial charge in [0.2, 0.25) is 17.3 Å². The second kappa shape index (κ2) is 16.7. The van der Waals surface area contributed by atoms with Crippen molar-refractivity contribution in [1.29, 1.82) is 0 Å². The number of rotatable bonds is 14. The van der Waals surface area contributed by atoms with E-state index in [2.05, 4.69) is 15.7 Å². The quantitative estimate of drug-likeness (QED) is 0.215. The molecule has 1 aromatic carbocycles. The lowest BCUT2D eigenvalue weighted by atomic mass is 9.89. The molecule has 2 saturated heterocycles. The molecule has 2 aliphatic heterocycles. The van der Waals surface area contributed by atoms with E-state index in [-0.39, 0.29) is 68.6 Å². The van der Waals surface area contributed by atoms with E-state index in [0.717, 1.165) is 32.1 Å². The maximum Gasteiger partial charge on any atom is 0.409 e. The number of amides is 5. The first-order valence-electron chi connectivity index (χ1n) is 18.6. The highest BCUT2D eigenvalue weighted by atomic mass is 16.6. The van der Waals surface area contributed by atoms with Crippen molar-refractivity contribution in [1.82, 2.24) is 35.1 Å². The van der Waals surface area contributed by atoms with Crippen LogP contribution in [0.25, 0.3) is 5.69 Å². The van der Waals surface area contributed by atoms with Crippen LogP contribution in [0.5, 0.6) is 5.88 Å². The monoisotopic (exact) mass is 735 g/mol. The number of hydrogen-bond donors (Lipinski definition) is 2. The molecule has 1 aromatic heterocycles. The SMILES string of the molecule is CCOC(=O)N1CCN(C(=O)[C@](CCC2CC2)(NC(=O)c2cc(OCC(=O)N3CCC[C@H]3C(=O)NC3CCC3)n(-c3ccccc3)n2)C(=O)OC)CC1. The summed E-state index contributed by atoms with van der Waals surface area (Å²) < 4.78 is 17.6. The Morgan fingerprint density at radius 3 is 2.26 bits per heavy atom. The summed E-state index contributed by atoms with van der Waals surface area (Å²) in [5.41, 5.74) is -1.68. The fourth-order valence-corrected chi connectivity index (χ4v) is 7.04. The number of nitrogens with zero attached hydrogens (tertiary/aromatic N) is 5. The molecular weight excluding hydrogens is 686 g/mol. The zero-order valence-electron chi connectivity index (χ0n) is 30.4. The second-order valence-corrected chi connectivity index (χ2v) is 14.1. The van der Waals surface area contributed by atoms with Crippen LogP contribution in [-0.2, 0) is 28.7 Å². The number of benzene rings is 1. The first kappa shape index (κ1) is 37.6. The highest BCUT2D eigenvalue weighted by molar-refractivity contribution is 6.11. The van der Waals surface area contributed by atoms with Gasteiger partial charge in [0.05, 0.1) is 19.4 Å². The number of hydrogen-bond acceptors (Lipinski definition) is 10. The van der Waals surface area contributed by atoms with Crippen LogP contribution < -0.4 is 15.4 Å². The van der Waals surface area contributed by atoms with Crippen molar-refractivity contribution in [2.75, 3.05) is 53.0 Å². The van der Waals surface area contributed by atoms with Crippen LogP contribution in [0.15, 0.2) is 36.4 Å². The minimum absolute atomic E-state index is 0.00951. The Labute approximate surface area is 308 Å². The van der Waals surface area contributed by atoms with Gasteiger partial charge in [-0.2, -0.15) is 5.10 Å². The third-order valence-corrected chi connectivity index (χ3v) is 10.5. The molecule has 6 rings (SSSR count). The Morgan fingerprint density at radius 1 is 0.906 bits per heavy atom. The van der Waals surface area contributed by atoms with Crippen LogP contribution in [-0.4, -0.2) is 131 Å². The molecule has 2 N–H and O–H groups in total. The van der Waals surface area contributed by atoms with Crippen molar-refractivity contribution in [3.8, 4) is 11.6 Å². The average molecular weight is 736 g/mol. The Balaban J connectivity index is 1.21. The second-order valence-electron chi connectivity index (χ2n) is 14.1. The van der Waals surface area contributed by atoms with Gasteiger partial charge >= 0.3 is 12.1 Å². The summed E-state index contributed by atoms with van der Waals surface area (Å²) in [7, 11) is 1.17. The van der Waals surface area contributed by atoms with E-state index < -0.39 is 42.1 Å². The fourth-order valence-electron chi connectivity index (χ4n) is 7.04. The lowest BCUT2D eigenvalue weighted by Gasteiger charge is -2.39. The van der Waals surface area contributed by atoms with Gasteiger partial charge in [0.25, 0.3) is 17.7 Å². The fraction of sp³-hybridized carbons (Fsp3) is 0.595. The number of esters is 1. The van der Waals surface area contributed by atoms with Gasteiger partial charge in [0.15, 0.2) is 12.3 Å². The molecule has 16 heteroatoms. The Kier molecular flexibility index (Phi) is 11.8. The van der Waals surface area contributed by atoms with Gasteiger partial charge in [0.1, 0.15) is 6.04 Å². The number of para-hydroxylation sites is 1. The summed E-state index contributed by atoms with van der Waals surface area (Å²) in [5.74, 6) is -2.49. The lowest BCUT2D eigenvalue weighted by Crippen LogP contribution is -2.66. The predicted molar refractivity (Wildman–Crippen MR) is 189 cm³/mol. The predicted octanol–water partition coefficient (Wildman–Crippen LogP) is 2.04. The smallest absolute Gasteiger partial charge is 0.409 e. The van der Waals surface area contributed by atoms with Gasteiger partial charge in [-0.3, -0.25) is 19.2 Å². The number of methoxy groups -OCH3 is 1. The summed E-state index contributed by atoms with van der Waals surface area (Å²) in [6, 6.07) is 9.81. The van der Waals surface area contributed by atoms with Gasteiger partial charge in [-0.1, -0.05) is 31.0 Å². The number of aromatic nitrogens is 2. The van der Waals surface area contributed by atoms with Crippen LogP contribution in [0.3, 0.4) is 0 Å². The summed E-state index contributed by atoms with van der Waals surface area (Å²) in [6.45, 7) is 2.61. The van der Waals surface area contributed by atoms with Crippen molar-refractivity contribution in [3.05, 3.63) is 42.1 Å². The molecule has 2 aliphatic carbocycles. The molecule has 2 atom stereocenters. The molecule has 0 bridgehead atoms. The molecule has 5 amide bonds. The highest BCUT2D eigenvalue weighted by Crippen LogP contribution is 2.36. The maximum absolute atomic E-state index is 14.3. The Morgan fingerprint density at radius 2 is 1.62 bits per heavy atom. The summed E-state index contributed by atoms with van der Waals surface area (Å²) in [4.78, 5) is 85.2. The standard InChI is InChI=1S/C37H49N7O9/c1-3-52-36(50)42-21-19-41(20-22-42)34(48)37(35(49)51-2,17-16-25-14-15-25)39-32(46)28-23-31(44(40-28)27-11-5-4-6-12-27)53-24-30(45)43-18-8-13-29(43)33(47)38-26-9-7-10-26/h4-6,11-12,23,25-26,29H,3,7-10,13-22,24H2,1-2H3,(H,38,47)(H,39,46)/t29-,37-/m0/s1. The van der Waals surface area contributed by atoms with E-state index in [1.807, 2.05) is 6.07 Å². The first-order valence-corrected chi connectivity index (χ1v) is 18.6. The minimum atomic E-state index is -2.06. The molecular formula is C37H49N7O9. The number of carbonyl (C=O) groups is 6. The topological polar surface area (TPSA) is 182 Å². The van der Waals surface area contributed by atoms with Gasteiger partial charge < -0.3 is 39.5 Å². The number of nitrogens with one attached hydrogen (secondary N) is 2. The van der Waals surface area contributed by atoms with Gasteiger partial charge in [-0.25, -0.2) is 14.3 Å². The van der Waals surface area contributed by atoms with E-state index in [4.69, 9.17) is 14.2 Å². The summed E-state index contributed by atoms with van der Waals surface area (Å²) in [5, 5.41) is 10.3. The number of carbonyl (C=O) groups excluding carboxylic acids is 6. The van der Waals surface area contributed by atoms with Gasteiger partial charge in [-0.05, 0) is 69.9 Å². The number of likely N-dealkylation sites (tertiary alicyclic amines) is 1. The zero-order chi connectivity index (χ0) is 37.5. The first-order chi connectivity index (χ1) is 25.6. The van der Waals surface area contributed by atoms with E-state index in [9.17, 15) is 28.8 Å². The third kappa shape index (κ3) is 8.57. The van der Waals surface area contributed by atoms with Crippen LogP contribution in [0.4, 0.5) is 4.79 Å². The molecule has 16 nitrogen and oxygen atoms in total. The third-order valence-electron chi connectivity index (χ3n) is 10.5. The van der Waals surface area contributed by atoms with Crippen molar-refractivity contribution in [3.63, 3.8) is 0 Å². The normalized spacial score (nSPS) is 19.8. The summed E-state index contributed by atoms with van der Waals surface area (Å²) in [6.07, 6.45) is 6.19. The molecule has 4 fully saturated rings. The molecule has 4 aliphatic rings. The van der Waals surface area contributed by atoms with Crippen LogP contribution >= 0.6 is 0 Å². The summed E-state index contributed by atoms with van der Waals surface area (Å²) >= 11 is 0. The van der Waals surface area contributed by atoms with E-state index in [0.29, 0.717) is 37.4 Å². The molecule has 286 valence electrons. The van der Waals surface area contributed by atoms with E-state index in [1.165, 1.54) is 32.6 Å². The largest absolute Gasteiger partial charge is 0.467 e. The molecule has 53 heavy (non-hydrogen) atoms. The van der Waals surface area contributed by atoms with Crippen LogP contribution in [0.1, 0.15) is 75.2 Å². The van der Waals surface area contributed by atoms with Crippen molar-refractivity contribution < 1.29 is 43.0 Å². The number of piperazine rings is 1. The Bertz CT molecular complexity index is 1670. The molecule has 2 aromatic rings. The van der Waals surface area contributed by atoms with Crippen molar-refractivity contribution in [2.45, 2.75) is 82.3 Å². The molecule has 0 radical (unpaired) electrons.